The lowest BCUT2D eigenvalue weighted by molar-refractivity contribution is 0.0951. The fourth-order valence-corrected chi connectivity index (χ4v) is 2.65. The molecule has 4 nitrogen and oxygen atoms in total. The number of carbonyl (C=O) groups excluding carboxylic acids is 1. The van der Waals surface area contributed by atoms with E-state index in [2.05, 4.69) is 48.5 Å². The standard InChI is InChI=1S/C18H21N3O/c1-11-6-12(2)17(13(3)7-11)20-16-8-14(9-19-10-16)18(22)21-15-4-5-15/h6-10,15,20H,4-5H2,1-3H3,(H,21,22). The number of anilines is 2. The maximum atomic E-state index is 12.1. The van der Waals surface area contributed by atoms with Crippen molar-refractivity contribution in [2.24, 2.45) is 0 Å². The average molecular weight is 295 g/mol. The Morgan fingerprint density at radius 2 is 1.77 bits per heavy atom. The molecule has 1 aromatic carbocycles. The minimum atomic E-state index is -0.0454. The molecule has 3 rings (SSSR count). The summed E-state index contributed by atoms with van der Waals surface area (Å²) < 4.78 is 0. The third kappa shape index (κ3) is 3.27. The number of carbonyl (C=O) groups is 1. The molecule has 114 valence electrons. The molecule has 1 aliphatic rings. The van der Waals surface area contributed by atoms with E-state index < -0.39 is 0 Å². The number of hydrogen-bond donors (Lipinski definition) is 2. The zero-order chi connectivity index (χ0) is 15.7. The van der Waals surface area contributed by atoms with E-state index in [9.17, 15) is 4.79 Å². The first kappa shape index (κ1) is 14.6. The summed E-state index contributed by atoms with van der Waals surface area (Å²) in [5.41, 5.74) is 6.12. The Morgan fingerprint density at radius 3 is 2.41 bits per heavy atom. The molecule has 2 aromatic rings. The Balaban J connectivity index is 1.82. The van der Waals surface area contributed by atoms with Gasteiger partial charge in [-0.2, -0.15) is 0 Å². The molecule has 0 atom stereocenters. The summed E-state index contributed by atoms with van der Waals surface area (Å²) in [6, 6.07) is 6.49. The predicted octanol–water partition coefficient (Wildman–Crippen LogP) is 3.64. The lowest BCUT2D eigenvalue weighted by Crippen LogP contribution is -2.25. The number of aryl methyl sites for hydroxylation is 3. The second kappa shape index (κ2) is 5.79. The summed E-state index contributed by atoms with van der Waals surface area (Å²) in [7, 11) is 0. The van der Waals surface area contributed by atoms with Crippen LogP contribution in [0.4, 0.5) is 11.4 Å². The van der Waals surface area contributed by atoms with Crippen molar-refractivity contribution in [2.45, 2.75) is 39.7 Å². The summed E-state index contributed by atoms with van der Waals surface area (Å²) in [6.45, 7) is 6.26. The van der Waals surface area contributed by atoms with Gasteiger partial charge in [0.05, 0.1) is 17.4 Å². The highest BCUT2D eigenvalue weighted by Gasteiger charge is 2.24. The van der Waals surface area contributed by atoms with Gasteiger partial charge >= 0.3 is 0 Å². The van der Waals surface area contributed by atoms with Crippen LogP contribution in [-0.2, 0) is 0 Å². The van der Waals surface area contributed by atoms with Gasteiger partial charge in [0.1, 0.15) is 0 Å². The Morgan fingerprint density at radius 1 is 1.09 bits per heavy atom. The normalized spacial score (nSPS) is 13.8. The molecule has 1 aliphatic carbocycles. The van der Waals surface area contributed by atoms with Gasteiger partial charge in [-0.1, -0.05) is 17.7 Å². The third-order valence-electron chi connectivity index (χ3n) is 3.86. The number of benzene rings is 1. The number of rotatable bonds is 4. The van der Waals surface area contributed by atoms with Crippen molar-refractivity contribution >= 4 is 17.3 Å². The third-order valence-corrected chi connectivity index (χ3v) is 3.86. The number of amides is 1. The molecule has 0 spiro atoms. The van der Waals surface area contributed by atoms with Crippen molar-refractivity contribution in [2.75, 3.05) is 5.32 Å². The van der Waals surface area contributed by atoms with Crippen molar-refractivity contribution in [3.8, 4) is 0 Å². The SMILES string of the molecule is Cc1cc(C)c(Nc2cncc(C(=O)NC3CC3)c2)c(C)c1. The molecule has 1 aromatic heterocycles. The van der Waals surface area contributed by atoms with E-state index in [4.69, 9.17) is 0 Å². The van der Waals surface area contributed by atoms with Crippen molar-refractivity contribution in [3.63, 3.8) is 0 Å². The number of hydrogen-bond acceptors (Lipinski definition) is 3. The van der Waals surface area contributed by atoms with Crippen LogP contribution in [0.25, 0.3) is 0 Å². The van der Waals surface area contributed by atoms with Gasteiger partial charge in [-0.25, -0.2) is 0 Å². The van der Waals surface area contributed by atoms with Crippen LogP contribution in [0.3, 0.4) is 0 Å². The van der Waals surface area contributed by atoms with Gasteiger partial charge in [0.2, 0.25) is 0 Å². The molecular weight excluding hydrogens is 274 g/mol. The van der Waals surface area contributed by atoms with Crippen molar-refractivity contribution in [3.05, 3.63) is 52.8 Å². The lowest BCUT2D eigenvalue weighted by Gasteiger charge is -2.14. The Kier molecular flexibility index (Phi) is 3.84. The molecule has 1 fully saturated rings. The average Bonchev–Trinajstić information content (AvgIpc) is 3.27. The minimum Gasteiger partial charge on any atom is -0.354 e. The fourth-order valence-electron chi connectivity index (χ4n) is 2.65. The smallest absolute Gasteiger partial charge is 0.253 e. The van der Waals surface area contributed by atoms with E-state index in [0.717, 1.165) is 24.2 Å². The monoisotopic (exact) mass is 295 g/mol. The molecule has 0 bridgehead atoms. The highest BCUT2D eigenvalue weighted by molar-refractivity contribution is 5.95. The molecule has 0 saturated heterocycles. The van der Waals surface area contributed by atoms with E-state index >= 15 is 0 Å². The van der Waals surface area contributed by atoms with Gasteiger partial charge in [-0.05, 0) is 50.8 Å². The number of aromatic nitrogens is 1. The van der Waals surface area contributed by atoms with Gasteiger partial charge in [-0.3, -0.25) is 9.78 Å². The summed E-state index contributed by atoms with van der Waals surface area (Å²) in [6.07, 6.45) is 5.52. The van der Waals surface area contributed by atoms with Crippen LogP contribution in [0.5, 0.6) is 0 Å². The van der Waals surface area contributed by atoms with E-state index in [1.54, 1.807) is 12.4 Å². The summed E-state index contributed by atoms with van der Waals surface area (Å²) >= 11 is 0. The zero-order valence-corrected chi connectivity index (χ0v) is 13.2. The quantitative estimate of drug-likeness (QED) is 0.905. The van der Waals surface area contributed by atoms with Crippen molar-refractivity contribution < 1.29 is 4.79 Å². The van der Waals surface area contributed by atoms with Gasteiger partial charge in [0.25, 0.3) is 5.91 Å². The summed E-state index contributed by atoms with van der Waals surface area (Å²) in [4.78, 5) is 16.3. The number of nitrogens with one attached hydrogen (secondary N) is 2. The van der Waals surface area contributed by atoms with E-state index in [-0.39, 0.29) is 5.91 Å². The molecule has 22 heavy (non-hydrogen) atoms. The lowest BCUT2D eigenvalue weighted by atomic mass is 10.0. The summed E-state index contributed by atoms with van der Waals surface area (Å²) in [5.74, 6) is -0.0454. The van der Waals surface area contributed by atoms with Crippen LogP contribution in [-0.4, -0.2) is 16.9 Å². The molecule has 0 aliphatic heterocycles. The van der Waals surface area contributed by atoms with Gasteiger partial charge in [-0.15, -0.1) is 0 Å². The Labute approximate surface area is 131 Å². The highest BCUT2D eigenvalue weighted by atomic mass is 16.1. The molecular formula is C18H21N3O. The minimum absolute atomic E-state index is 0.0454. The molecule has 0 radical (unpaired) electrons. The van der Waals surface area contributed by atoms with E-state index in [1.165, 1.54) is 16.7 Å². The first-order valence-electron chi connectivity index (χ1n) is 7.64. The second-order valence-corrected chi connectivity index (χ2v) is 6.11. The molecule has 1 saturated carbocycles. The summed E-state index contributed by atoms with van der Waals surface area (Å²) in [5, 5.41) is 6.37. The Bertz CT molecular complexity index is 697. The van der Waals surface area contributed by atoms with E-state index in [1.807, 2.05) is 6.07 Å². The first-order chi connectivity index (χ1) is 10.5. The van der Waals surface area contributed by atoms with Crippen LogP contribution in [0, 0.1) is 20.8 Å². The molecule has 4 heteroatoms. The highest BCUT2D eigenvalue weighted by Crippen LogP contribution is 2.26. The first-order valence-corrected chi connectivity index (χ1v) is 7.64. The maximum absolute atomic E-state index is 12.1. The van der Waals surface area contributed by atoms with Gasteiger partial charge < -0.3 is 10.6 Å². The fraction of sp³-hybridized carbons (Fsp3) is 0.333. The van der Waals surface area contributed by atoms with Crippen LogP contribution in [0.2, 0.25) is 0 Å². The molecule has 2 N–H and O–H groups in total. The van der Waals surface area contributed by atoms with Crippen LogP contribution in [0.1, 0.15) is 39.9 Å². The van der Waals surface area contributed by atoms with Crippen LogP contribution >= 0.6 is 0 Å². The van der Waals surface area contributed by atoms with Gasteiger partial charge in [0, 0.05) is 17.9 Å². The van der Waals surface area contributed by atoms with E-state index in [0.29, 0.717) is 11.6 Å². The maximum Gasteiger partial charge on any atom is 0.253 e. The zero-order valence-electron chi connectivity index (χ0n) is 13.2. The predicted molar refractivity (Wildman–Crippen MR) is 88.7 cm³/mol. The van der Waals surface area contributed by atoms with Crippen molar-refractivity contribution in [1.82, 2.24) is 10.3 Å². The van der Waals surface area contributed by atoms with Crippen LogP contribution in [0.15, 0.2) is 30.6 Å². The molecule has 0 unspecified atom stereocenters. The largest absolute Gasteiger partial charge is 0.354 e. The van der Waals surface area contributed by atoms with Crippen molar-refractivity contribution in [1.29, 1.82) is 0 Å². The van der Waals surface area contributed by atoms with Crippen LogP contribution < -0.4 is 10.6 Å². The molecule has 1 heterocycles. The second-order valence-electron chi connectivity index (χ2n) is 6.11. The molecule has 1 amide bonds. The number of pyridine rings is 1. The Hall–Kier alpha value is -2.36. The van der Waals surface area contributed by atoms with Gasteiger partial charge in [0.15, 0.2) is 0 Å². The topological polar surface area (TPSA) is 54.0 Å². The number of nitrogens with zero attached hydrogens (tertiary/aromatic N) is 1.